The first kappa shape index (κ1) is 16.8. The molecule has 0 fully saturated rings. The van der Waals surface area contributed by atoms with Crippen LogP contribution < -0.4 is 10.6 Å². The van der Waals surface area contributed by atoms with Crippen LogP contribution in [0.3, 0.4) is 0 Å². The molecule has 0 aliphatic rings. The van der Waals surface area contributed by atoms with Crippen molar-refractivity contribution in [1.29, 1.82) is 0 Å². The second kappa shape index (κ2) is 7.29. The van der Waals surface area contributed by atoms with Gasteiger partial charge >= 0.3 is 6.03 Å². The number of nitrogens with zero attached hydrogens (tertiary/aromatic N) is 3. The fourth-order valence-corrected chi connectivity index (χ4v) is 3.02. The Balaban J connectivity index is 1.53. The lowest BCUT2D eigenvalue weighted by Crippen LogP contribution is -2.19. The minimum atomic E-state index is -0.276. The molecule has 4 rings (SSSR count). The largest absolute Gasteiger partial charge is 0.323 e. The number of aromatic nitrogens is 3. The van der Waals surface area contributed by atoms with Crippen LogP contribution in [0.15, 0.2) is 73.2 Å². The molecule has 0 bridgehead atoms. The van der Waals surface area contributed by atoms with Crippen molar-refractivity contribution in [3.05, 3.63) is 73.2 Å². The van der Waals surface area contributed by atoms with Gasteiger partial charge in [0.05, 0.1) is 17.9 Å². The minimum absolute atomic E-state index is 0.276. The van der Waals surface area contributed by atoms with Gasteiger partial charge in [-0.25, -0.2) is 4.79 Å². The summed E-state index contributed by atoms with van der Waals surface area (Å²) < 4.78 is 1.93. The first-order chi connectivity index (χ1) is 13.2. The van der Waals surface area contributed by atoms with Crippen molar-refractivity contribution in [2.24, 2.45) is 0 Å². The van der Waals surface area contributed by atoms with E-state index in [9.17, 15) is 4.79 Å². The minimum Gasteiger partial charge on any atom is -0.308 e. The lowest BCUT2D eigenvalue weighted by Gasteiger charge is -2.09. The van der Waals surface area contributed by atoms with Crippen LogP contribution in [0, 0.1) is 0 Å². The Hall–Kier alpha value is -3.67. The molecule has 0 atom stereocenters. The van der Waals surface area contributed by atoms with E-state index in [1.807, 2.05) is 77.9 Å². The molecule has 0 aliphatic carbocycles. The highest BCUT2D eigenvalue weighted by Gasteiger charge is 2.09. The molecule has 2 aromatic heterocycles. The number of aryl methyl sites for hydroxylation is 1. The molecular weight excluding hydrogens is 338 g/mol. The maximum absolute atomic E-state index is 12.1. The Labute approximate surface area is 156 Å². The van der Waals surface area contributed by atoms with E-state index < -0.39 is 0 Å². The van der Waals surface area contributed by atoms with Crippen LogP contribution in [0.2, 0.25) is 0 Å². The molecule has 6 heteroatoms. The molecular formula is C21H19N5O. The van der Waals surface area contributed by atoms with Crippen LogP contribution in [0.1, 0.15) is 6.92 Å². The number of hydrogen-bond donors (Lipinski definition) is 2. The first-order valence-electron chi connectivity index (χ1n) is 8.77. The summed E-state index contributed by atoms with van der Waals surface area (Å²) in [4.78, 5) is 16.5. The van der Waals surface area contributed by atoms with Crippen LogP contribution in [-0.2, 0) is 6.54 Å². The summed E-state index contributed by atoms with van der Waals surface area (Å²) in [5.41, 5.74) is 4.53. The Morgan fingerprint density at radius 3 is 2.33 bits per heavy atom. The fraction of sp³-hybridized carbons (Fsp3) is 0.0952. The van der Waals surface area contributed by atoms with E-state index in [1.54, 1.807) is 0 Å². The van der Waals surface area contributed by atoms with E-state index in [1.165, 1.54) is 0 Å². The van der Waals surface area contributed by atoms with Gasteiger partial charge in [-0.1, -0.05) is 30.3 Å². The molecule has 2 amide bonds. The van der Waals surface area contributed by atoms with Gasteiger partial charge in [0.2, 0.25) is 0 Å². The van der Waals surface area contributed by atoms with Gasteiger partial charge in [-0.3, -0.25) is 9.67 Å². The molecule has 4 aromatic rings. The van der Waals surface area contributed by atoms with Gasteiger partial charge < -0.3 is 10.6 Å². The van der Waals surface area contributed by atoms with E-state index in [0.717, 1.165) is 39.9 Å². The molecule has 0 saturated carbocycles. The molecule has 0 aliphatic heterocycles. The first-order valence-corrected chi connectivity index (χ1v) is 8.77. The maximum Gasteiger partial charge on any atom is 0.323 e. The number of anilines is 2. The highest BCUT2D eigenvalue weighted by atomic mass is 16.2. The molecule has 6 nitrogen and oxygen atoms in total. The average molecular weight is 357 g/mol. The number of pyridine rings is 1. The van der Waals surface area contributed by atoms with Crippen LogP contribution in [0.25, 0.3) is 22.0 Å². The van der Waals surface area contributed by atoms with Gasteiger partial charge in [-0.2, -0.15) is 5.10 Å². The van der Waals surface area contributed by atoms with Crippen molar-refractivity contribution in [1.82, 2.24) is 14.8 Å². The zero-order valence-corrected chi connectivity index (χ0v) is 14.9. The third-order valence-corrected chi connectivity index (χ3v) is 4.36. The molecule has 0 saturated heterocycles. The second-order valence-corrected chi connectivity index (χ2v) is 6.10. The normalized spacial score (nSPS) is 10.7. The zero-order chi connectivity index (χ0) is 18.6. The van der Waals surface area contributed by atoms with Crippen molar-refractivity contribution in [2.75, 3.05) is 10.6 Å². The van der Waals surface area contributed by atoms with E-state index in [-0.39, 0.29) is 6.03 Å². The number of hydrogen-bond acceptors (Lipinski definition) is 3. The molecule has 2 heterocycles. The predicted molar refractivity (Wildman–Crippen MR) is 108 cm³/mol. The lowest BCUT2D eigenvalue weighted by atomic mass is 10.0. The molecule has 27 heavy (non-hydrogen) atoms. The van der Waals surface area contributed by atoms with Crippen molar-refractivity contribution in [3.63, 3.8) is 0 Å². The summed E-state index contributed by atoms with van der Waals surface area (Å²) in [6, 6.07) is 16.8. The predicted octanol–water partition coefficient (Wildman–Crippen LogP) is 4.76. The number of rotatable bonds is 4. The maximum atomic E-state index is 12.1. The highest BCUT2D eigenvalue weighted by molar-refractivity contribution is 6.00. The van der Waals surface area contributed by atoms with Gasteiger partial charge in [0, 0.05) is 35.1 Å². The smallest absolute Gasteiger partial charge is 0.308 e. The third-order valence-electron chi connectivity index (χ3n) is 4.36. The average Bonchev–Trinajstić information content (AvgIpc) is 3.12. The molecule has 0 spiro atoms. The SMILES string of the molecule is CCn1ncc2c(-c3ccc(NC(=O)Nc4ccccc4)cc3)cncc21. The number of carbonyl (C=O) groups is 1. The van der Waals surface area contributed by atoms with Crippen molar-refractivity contribution >= 4 is 28.3 Å². The van der Waals surface area contributed by atoms with Crippen molar-refractivity contribution in [2.45, 2.75) is 13.5 Å². The molecule has 0 radical (unpaired) electrons. The van der Waals surface area contributed by atoms with Gasteiger partial charge in [-0.05, 0) is 36.8 Å². The van der Waals surface area contributed by atoms with Gasteiger partial charge in [0.1, 0.15) is 0 Å². The number of benzene rings is 2. The van der Waals surface area contributed by atoms with E-state index >= 15 is 0 Å². The number of urea groups is 1. The molecule has 134 valence electrons. The Bertz CT molecular complexity index is 1070. The lowest BCUT2D eigenvalue weighted by molar-refractivity contribution is 0.262. The summed E-state index contributed by atoms with van der Waals surface area (Å²) in [7, 11) is 0. The van der Waals surface area contributed by atoms with Crippen LogP contribution in [0.5, 0.6) is 0 Å². The monoisotopic (exact) mass is 357 g/mol. The zero-order valence-electron chi connectivity index (χ0n) is 14.9. The Kier molecular flexibility index (Phi) is 4.53. The van der Waals surface area contributed by atoms with Gasteiger partial charge in [-0.15, -0.1) is 0 Å². The van der Waals surface area contributed by atoms with Crippen LogP contribution in [0.4, 0.5) is 16.2 Å². The molecule has 2 N–H and O–H groups in total. The standard InChI is InChI=1S/C21H19N5O/c1-2-26-20-14-22-12-18(19(20)13-23-26)15-8-10-17(11-9-15)25-21(27)24-16-6-4-3-5-7-16/h3-14H,2H2,1H3,(H2,24,25,27). The number of nitrogens with one attached hydrogen (secondary N) is 2. The van der Waals surface area contributed by atoms with Crippen molar-refractivity contribution < 1.29 is 4.79 Å². The fourth-order valence-electron chi connectivity index (χ4n) is 3.02. The van der Waals surface area contributed by atoms with Crippen LogP contribution in [-0.4, -0.2) is 20.8 Å². The highest BCUT2D eigenvalue weighted by Crippen LogP contribution is 2.28. The number of para-hydroxylation sites is 1. The molecule has 0 unspecified atom stereocenters. The number of amides is 2. The van der Waals surface area contributed by atoms with E-state index in [4.69, 9.17) is 0 Å². The van der Waals surface area contributed by atoms with Gasteiger partial charge in [0.15, 0.2) is 0 Å². The van der Waals surface area contributed by atoms with Crippen LogP contribution >= 0.6 is 0 Å². The summed E-state index contributed by atoms with van der Waals surface area (Å²) >= 11 is 0. The summed E-state index contributed by atoms with van der Waals surface area (Å²) in [5, 5.41) is 11.1. The van der Waals surface area contributed by atoms with Gasteiger partial charge in [0.25, 0.3) is 0 Å². The van der Waals surface area contributed by atoms with E-state index in [0.29, 0.717) is 0 Å². The summed E-state index contributed by atoms with van der Waals surface area (Å²) in [6.07, 6.45) is 5.54. The molecule has 2 aromatic carbocycles. The Morgan fingerprint density at radius 1 is 0.926 bits per heavy atom. The number of fused-ring (bicyclic) bond motifs is 1. The second-order valence-electron chi connectivity index (χ2n) is 6.10. The summed E-state index contributed by atoms with van der Waals surface area (Å²) in [6.45, 7) is 2.86. The van der Waals surface area contributed by atoms with E-state index in [2.05, 4.69) is 27.6 Å². The number of carbonyl (C=O) groups excluding carboxylic acids is 1. The topological polar surface area (TPSA) is 71.8 Å². The third kappa shape index (κ3) is 3.50. The quantitative estimate of drug-likeness (QED) is 0.553. The Morgan fingerprint density at radius 2 is 1.63 bits per heavy atom. The summed E-state index contributed by atoms with van der Waals surface area (Å²) in [5.74, 6) is 0. The van der Waals surface area contributed by atoms with Crippen molar-refractivity contribution in [3.8, 4) is 11.1 Å².